The van der Waals surface area contributed by atoms with Crippen molar-refractivity contribution in [2.75, 3.05) is 0 Å². The maximum atomic E-state index is 5.44. The monoisotopic (exact) mass is 146 g/mol. The van der Waals surface area contributed by atoms with Crippen LogP contribution in [-0.2, 0) is 4.74 Å². The van der Waals surface area contributed by atoms with E-state index in [9.17, 15) is 0 Å². The summed E-state index contributed by atoms with van der Waals surface area (Å²) < 4.78 is 5.18. The minimum atomic E-state index is 0.335. The van der Waals surface area contributed by atoms with E-state index in [-0.39, 0.29) is 0 Å². The van der Waals surface area contributed by atoms with Crippen molar-refractivity contribution in [3.05, 3.63) is 11.8 Å². The van der Waals surface area contributed by atoms with Crippen LogP contribution in [0.25, 0.3) is 0 Å². The Morgan fingerprint density at radius 3 is 2.44 bits per heavy atom. The largest absolute Gasteiger partial charge is 0.480 e. The normalized spacial score (nSPS) is 20.1. The van der Waals surface area contributed by atoms with Gasteiger partial charge in [-0.15, -0.1) is 0 Å². The SMILES string of the molecule is C=C(Cl)OC1CCCC1. The Kier molecular flexibility index (Phi) is 2.40. The van der Waals surface area contributed by atoms with Crippen LogP contribution in [0, 0.1) is 0 Å². The molecule has 0 heterocycles. The summed E-state index contributed by atoms with van der Waals surface area (Å²) in [6.07, 6.45) is 5.19. The molecule has 0 atom stereocenters. The van der Waals surface area contributed by atoms with Crippen LogP contribution in [-0.4, -0.2) is 6.10 Å². The lowest BCUT2D eigenvalue weighted by atomic mass is 10.3. The van der Waals surface area contributed by atoms with Crippen LogP contribution >= 0.6 is 11.6 Å². The van der Waals surface area contributed by atoms with E-state index in [4.69, 9.17) is 16.3 Å². The molecule has 9 heavy (non-hydrogen) atoms. The Balaban J connectivity index is 2.19. The van der Waals surface area contributed by atoms with Gasteiger partial charge in [0, 0.05) is 0 Å². The zero-order valence-electron chi connectivity index (χ0n) is 5.40. The molecule has 0 aliphatic heterocycles. The van der Waals surface area contributed by atoms with Crippen molar-refractivity contribution in [3.8, 4) is 0 Å². The highest BCUT2D eigenvalue weighted by Crippen LogP contribution is 2.23. The first-order chi connectivity index (χ1) is 4.29. The Morgan fingerprint density at radius 1 is 1.44 bits per heavy atom. The van der Waals surface area contributed by atoms with E-state index in [2.05, 4.69) is 6.58 Å². The molecule has 0 radical (unpaired) electrons. The van der Waals surface area contributed by atoms with Gasteiger partial charge in [0.15, 0.2) is 5.22 Å². The zero-order valence-corrected chi connectivity index (χ0v) is 6.16. The van der Waals surface area contributed by atoms with Gasteiger partial charge in [0.25, 0.3) is 0 Å². The molecule has 0 aromatic rings. The third kappa shape index (κ3) is 2.27. The summed E-state index contributed by atoms with van der Waals surface area (Å²) in [6, 6.07) is 0. The fraction of sp³-hybridized carbons (Fsp3) is 0.714. The minimum Gasteiger partial charge on any atom is -0.480 e. The van der Waals surface area contributed by atoms with Crippen LogP contribution in [0.2, 0.25) is 0 Å². The van der Waals surface area contributed by atoms with Crippen molar-refractivity contribution in [2.24, 2.45) is 0 Å². The highest BCUT2D eigenvalue weighted by atomic mass is 35.5. The number of ether oxygens (including phenoxy) is 1. The second-order valence-corrected chi connectivity index (χ2v) is 2.80. The molecule has 0 aromatic heterocycles. The Morgan fingerprint density at radius 2 is 2.00 bits per heavy atom. The van der Waals surface area contributed by atoms with Gasteiger partial charge in [0.1, 0.15) is 0 Å². The highest BCUT2D eigenvalue weighted by Gasteiger charge is 2.15. The van der Waals surface area contributed by atoms with Crippen LogP contribution < -0.4 is 0 Å². The van der Waals surface area contributed by atoms with E-state index in [0.717, 1.165) is 12.8 Å². The van der Waals surface area contributed by atoms with Crippen LogP contribution in [0.4, 0.5) is 0 Å². The highest BCUT2D eigenvalue weighted by molar-refractivity contribution is 6.27. The van der Waals surface area contributed by atoms with Crippen molar-refractivity contribution in [2.45, 2.75) is 31.8 Å². The first-order valence-corrected chi connectivity index (χ1v) is 3.68. The molecule has 0 N–H and O–H groups in total. The molecule has 1 nitrogen and oxygen atoms in total. The summed E-state index contributed by atoms with van der Waals surface area (Å²) in [5.41, 5.74) is 0. The third-order valence-corrected chi connectivity index (χ3v) is 1.69. The van der Waals surface area contributed by atoms with E-state index < -0.39 is 0 Å². The third-order valence-electron chi connectivity index (χ3n) is 1.60. The molecule has 52 valence electrons. The fourth-order valence-electron chi connectivity index (χ4n) is 1.19. The molecule has 0 bridgehead atoms. The van der Waals surface area contributed by atoms with Crippen LogP contribution in [0.1, 0.15) is 25.7 Å². The molecule has 1 fully saturated rings. The van der Waals surface area contributed by atoms with Crippen LogP contribution in [0.5, 0.6) is 0 Å². The minimum absolute atomic E-state index is 0.335. The van der Waals surface area contributed by atoms with E-state index in [0.29, 0.717) is 11.3 Å². The van der Waals surface area contributed by atoms with Crippen molar-refractivity contribution in [1.82, 2.24) is 0 Å². The summed E-state index contributed by atoms with van der Waals surface area (Å²) in [4.78, 5) is 0. The lowest BCUT2D eigenvalue weighted by molar-refractivity contribution is 0.141. The van der Waals surface area contributed by atoms with E-state index >= 15 is 0 Å². The quantitative estimate of drug-likeness (QED) is 0.545. The van der Waals surface area contributed by atoms with Crippen molar-refractivity contribution in [1.29, 1.82) is 0 Å². The number of hydrogen-bond acceptors (Lipinski definition) is 1. The standard InChI is InChI=1S/C7H11ClO/c1-6(8)9-7-4-2-3-5-7/h7H,1-5H2. The predicted molar refractivity (Wildman–Crippen MR) is 38.3 cm³/mol. The molecule has 0 aromatic carbocycles. The van der Waals surface area contributed by atoms with Crippen LogP contribution in [0.3, 0.4) is 0 Å². The molecule has 1 rings (SSSR count). The number of halogens is 1. The molecular formula is C7H11ClO. The number of rotatable bonds is 2. The maximum absolute atomic E-state index is 5.44. The van der Waals surface area contributed by atoms with Gasteiger partial charge < -0.3 is 4.74 Å². The van der Waals surface area contributed by atoms with Gasteiger partial charge in [0.2, 0.25) is 0 Å². The van der Waals surface area contributed by atoms with E-state index in [1.54, 1.807) is 0 Å². The molecule has 0 saturated heterocycles. The summed E-state index contributed by atoms with van der Waals surface area (Å²) >= 11 is 5.44. The van der Waals surface area contributed by atoms with Crippen molar-refractivity contribution < 1.29 is 4.74 Å². The van der Waals surface area contributed by atoms with Gasteiger partial charge in [-0.25, -0.2) is 0 Å². The molecule has 0 amide bonds. The fourth-order valence-corrected chi connectivity index (χ4v) is 1.31. The van der Waals surface area contributed by atoms with Crippen molar-refractivity contribution in [3.63, 3.8) is 0 Å². The average molecular weight is 147 g/mol. The van der Waals surface area contributed by atoms with Gasteiger partial charge in [-0.1, -0.05) is 0 Å². The summed E-state index contributed by atoms with van der Waals surface area (Å²) in [7, 11) is 0. The molecule has 2 heteroatoms. The molecule has 0 unspecified atom stereocenters. The average Bonchev–Trinajstić information content (AvgIpc) is 2.15. The zero-order chi connectivity index (χ0) is 6.69. The topological polar surface area (TPSA) is 9.23 Å². The Hall–Kier alpha value is -0.170. The first-order valence-electron chi connectivity index (χ1n) is 3.30. The summed E-state index contributed by atoms with van der Waals surface area (Å²) in [5.74, 6) is 0. The molecule has 0 spiro atoms. The van der Waals surface area contributed by atoms with E-state index in [1.807, 2.05) is 0 Å². The molecule has 1 saturated carbocycles. The second-order valence-electron chi connectivity index (χ2n) is 2.38. The van der Waals surface area contributed by atoms with Gasteiger partial charge in [-0.3, -0.25) is 0 Å². The molecule has 1 aliphatic carbocycles. The van der Waals surface area contributed by atoms with Gasteiger partial charge in [-0.05, 0) is 43.9 Å². The smallest absolute Gasteiger partial charge is 0.179 e. The lowest BCUT2D eigenvalue weighted by Crippen LogP contribution is -2.03. The first kappa shape index (κ1) is 6.94. The Labute approximate surface area is 60.7 Å². The van der Waals surface area contributed by atoms with Crippen LogP contribution in [0.15, 0.2) is 11.8 Å². The van der Waals surface area contributed by atoms with Gasteiger partial charge in [-0.2, -0.15) is 0 Å². The summed E-state index contributed by atoms with van der Waals surface area (Å²) in [6.45, 7) is 3.46. The second kappa shape index (κ2) is 3.11. The Bertz CT molecular complexity index is 105. The maximum Gasteiger partial charge on any atom is 0.179 e. The molecular weight excluding hydrogens is 136 g/mol. The molecule has 1 aliphatic rings. The van der Waals surface area contributed by atoms with E-state index in [1.165, 1.54) is 12.8 Å². The van der Waals surface area contributed by atoms with Gasteiger partial charge >= 0.3 is 0 Å². The summed E-state index contributed by atoms with van der Waals surface area (Å²) in [5, 5.41) is 0.335. The number of hydrogen-bond donors (Lipinski definition) is 0. The van der Waals surface area contributed by atoms with Crippen molar-refractivity contribution >= 4 is 11.6 Å². The van der Waals surface area contributed by atoms with Gasteiger partial charge in [0.05, 0.1) is 6.10 Å². The lowest BCUT2D eigenvalue weighted by Gasteiger charge is -2.09. The predicted octanol–water partition coefficient (Wildman–Crippen LogP) is 2.66.